The number of anilines is 1. The molecule has 0 aliphatic carbocycles. The zero-order valence-corrected chi connectivity index (χ0v) is 18.4. The molecular formula is C26H35N3O. The summed E-state index contributed by atoms with van der Waals surface area (Å²) in [6.45, 7) is 10.0. The van der Waals surface area contributed by atoms with Crippen LogP contribution in [0.4, 0.5) is 5.69 Å². The zero-order valence-electron chi connectivity index (χ0n) is 18.4. The predicted octanol–water partition coefficient (Wildman–Crippen LogP) is 5.01. The van der Waals surface area contributed by atoms with Gasteiger partial charge in [-0.3, -0.25) is 9.69 Å². The minimum absolute atomic E-state index is 0.00989. The molecule has 4 nitrogen and oxygen atoms in total. The number of benzene rings is 2. The fraction of sp³-hybridized carbons (Fsp3) is 0.500. The molecule has 2 aliphatic rings. The molecular weight excluding hydrogens is 370 g/mol. The van der Waals surface area contributed by atoms with E-state index < -0.39 is 0 Å². The van der Waals surface area contributed by atoms with E-state index in [-0.39, 0.29) is 11.9 Å². The number of carbonyl (C=O) groups excluding carboxylic acids is 1. The molecule has 1 N–H and O–H groups in total. The average Bonchev–Trinajstić information content (AvgIpc) is 3.28. The molecule has 1 amide bonds. The lowest BCUT2D eigenvalue weighted by molar-refractivity contribution is 0.0940. The molecule has 2 aromatic rings. The summed E-state index contributed by atoms with van der Waals surface area (Å²) >= 11 is 0. The Hall–Kier alpha value is -2.33. The van der Waals surface area contributed by atoms with Gasteiger partial charge in [0.25, 0.3) is 5.91 Å². The molecule has 0 saturated carbocycles. The third kappa shape index (κ3) is 5.23. The molecule has 0 spiro atoms. The van der Waals surface area contributed by atoms with Crippen molar-refractivity contribution in [1.82, 2.24) is 10.2 Å². The lowest BCUT2D eigenvalue weighted by Gasteiger charge is -2.32. The van der Waals surface area contributed by atoms with Crippen molar-refractivity contribution < 1.29 is 4.79 Å². The first-order chi connectivity index (χ1) is 14.6. The van der Waals surface area contributed by atoms with E-state index in [0.29, 0.717) is 0 Å². The number of rotatable bonds is 6. The lowest BCUT2D eigenvalue weighted by atomic mass is 9.98. The molecule has 30 heavy (non-hydrogen) atoms. The predicted molar refractivity (Wildman–Crippen MR) is 124 cm³/mol. The highest BCUT2D eigenvalue weighted by molar-refractivity contribution is 5.94. The Morgan fingerprint density at radius 3 is 2.23 bits per heavy atom. The highest BCUT2D eigenvalue weighted by Gasteiger charge is 2.17. The molecule has 2 heterocycles. The van der Waals surface area contributed by atoms with Crippen LogP contribution in [0.5, 0.6) is 0 Å². The van der Waals surface area contributed by atoms with Gasteiger partial charge in [-0.1, -0.05) is 31.2 Å². The fourth-order valence-corrected chi connectivity index (χ4v) is 4.56. The van der Waals surface area contributed by atoms with E-state index in [2.05, 4.69) is 65.4 Å². The molecule has 2 aromatic carbocycles. The van der Waals surface area contributed by atoms with Gasteiger partial charge in [-0.05, 0) is 87.0 Å². The third-order valence-corrected chi connectivity index (χ3v) is 6.71. The number of nitrogens with one attached hydrogen (secondary N) is 1. The number of likely N-dealkylation sites (tertiary alicyclic amines) is 1. The van der Waals surface area contributed by atoms with Crippen LogP contribution in [0.25, 0.3) is 0 Å². The zero-order chi connectivity index (χ0) is 20.9. The van der Waals surface area contributed by atoms with Crippen LogP contribution >= 0.6 is 0 Å². The Morgan fingerprint density at radius 2 is 1.60 bits per heavy atom. The van der Waals surface area contributed by atoms with E-state index in [1.807, 2.05) is 12.1 Å². The van der Waals surface area contributed by atoms with Crippen LogP contribution in [0.15, 0.2) is 48.5 Å². The minimum Gasteiger partial charge on any atom is -0.372 e. The van der Waals surface area contributed by atoms with Gasteiger partial charge in [-0.25, -0.2) is 0 Å². The van der Waals surface area contributed by atoms with Gasteiger partial charge in [0.15, 0.2) is 0 Å². The standard InChI is InChI=1S/C26H35N3O/c1-20-13-17-29(18-14-20)25-11-9-23(10-12-25)21(2)27-26(30)24-7-5-22(6-8-24)19-28-15-3-4-16-28/h5-12,20-21H,3-4,13-19H2,1-2H3,(H,27,30)/t21-/m1/s1. The summed E-state index contributed by atoms with van der Waals surface area (Å²) in [5, 5.41) is 3.15. The SMILES string of the molecule is CC1CCN(c2ccc([C@@H](C)NC(=O)c3ccc(CN4CCCC4)cc3)cc2)CC1. The summed E-state index contributed by atoms with van der Waals surface area (Å²) < 4.78 is 0. The highest BCUT2D eigenvalue weighted by Crippen LogP contribution is 2.24. The Morgan fingerprint density at radius 1 is 0.967 bits per heavy atom. The maximum atomic E-state index is 12.7. The van der Waals surface area contributed by atoms with Crippen molar-refractivity contribution in [2.45, 2.75) is 52.1 Å². The van der Waals surface area contributed by atoms with Crippen molar-refractivity contribution >= 4 is 11.6 Å². The Kier molecular flexibility index (Phi) is 6.73. The van der Waals surface area contributed by atoms with Crippen LogP contribution in [-0.4, -0.2) is 37.0 Å². The number of hydrogen-bond acceptors (Lipinski definition) is 3. The normalized spacial score (nSPS) is 19.1. The van der Waals surface area contributed by atoms with Crippen molar-refractivity contribution in [3.05, 3.63) is 65.2 Å². The van der Waals surface area contributed by atoms with Crippen molar-refractivity contribution in [3.8, 4) is 0 Å². The number of nitrogens with zero attached hydrogens (tertiary/aromatic N) is 2. The molecule has 160 valence electrons. The first-order valence-electron chi connectivity index (χ1n) is 11.6. The summed E-state index contributed by atoms with van der Waals surface area (Å²) in [5.41, 5.74) is 4.44. The number of piperidine rings is 1. The molecule has 2 saturated heterocycles. The van der Waals surface area contributed by atoms with E-state index in [0.717, 1.165) is 36.7 Å². The molecule has 0 aromatic heterocycles. The molecule has 1 atom stereocenters. The summed E-state index contributed by atoms with van der Waals surface area (Å²) in [7, 11) is 0. The van der Waals surface area contributed by atoms with Crippen LogP contribution in [0.1, 0.15) is 67.1 Å². The van der Waals surface area contributed by atoms with E-state index >= 15 is 0 Å². The number of carbonyl (C=O) groups is 1. The van der Waals surface area contributed by atoms with Crippen molar-refractivity contribution in [3.63, 3.8) is 0 Å². The first kappa shape index (κ1) is 20.9. The maximum Gasteiger partial charge on any atom is 0.251 e. The molecule has 2 fully saturated rings. The Labute approximate surface area is 181 Å². The van der Waals surface area contributed by atoms with E-state index in [9.17, 15) is 4.79 Å². The third-order valence-electron chi connectivity index (χ3n) is 6.71. The second-order valence-electron chi connectivity index (χ2n) is 9.14. The lowest BCUT2D eigenvalue weighted by Crippen LogP contribution is -2.32. The molecule has 0 unspecified atom stereocenters. The van der Waals surface area contributed by atoms with Crippen LogP contribution < -0.4 is 10.2 Å². The fourth-order valence-electron chi connectivity index (χ4n) is 4.56. The van der Waals surface area contributed by atoms with Gasteiger partial charge in [0, 0.05) is 30.9 Å². The van der Waals surface area contributed by atoms with Crippen LogP contribution in [0.2, 0.25) is 0 Å². The summed E-state index contributed by atoms with van der Waals surface area (Å²) in [4.78, 5) is 17.6. The highest BCUT2D eigenvalue weighted by atomic mass is 16.1. The summed E-state index contributed by atoms with van der Waals surface area (Å²) in [6.07, 6.45) is 5.14. The van der Waals surface area contributed by atoms with Gasteiger partial charge in [0.05, 0.1) is 6.04 Å². The van der Waals surface area contributed by atoms with Gasteiger partial charge in [-0.15, -0.1) is 0 Å². The summed E-state index contributed by atoms with van der Waals surface area (Å²) in [6, 6.07) is 16.8. The van der Waals surface area contributed by atoms with E-state index in [4.69, 9.17) is 0 Å². The average molecular weight is 406 g/mol. The Balaban J connectivity index is 1.31. The minimum atomic E-state index is -0.0165. The molecule has 4 heteroatoms. The number of hydrogen-bond donors (Lipinski definition) is 1. The van der Waals surface area contributed by atoms with Crippen LogP contribution in [0, 0.1) is 5.92 Å². The Bertz CT molecular complexity index is 816. The van der Waals surface area contributed by atoms with Gasteiger partial charge >= 0.3 is 0 Å². The van der Waals surface area contributed by atoms with Crippen molar-refractivity contribution in [2.75, 3.05) is 31.1 Å². The van der Waals surface area contributed by atoms with Crippen LogP contribution in [0.3, 0.4) is 0 Å². The van der Waals surface area contributed by atoms with Gasteiger partial charge in [0.1, 0.15) is 0 Å². The maximum absolute atomic E-state index is 12.7. The summed E-state index contributed by atoms with van der Waals surface area (Å²) in [5.74, 6) is 0.828. The van der Waals surface area contributed by atoms with Crippen LogP contribution in [-0.2, 0) is 6.54 Å². The molecule has 2 aliphatic heterocycles. The second kappa shape index (κ2) is 9.65. The molecule has 4 rings (SSSR count). The van der Waals surface area contributed by atoms with E-state index in [1.54, 1.807) is 0 Å². The molecule has 0 radical (unpaired) electrons. The smallest absolute Gasteiger partial charge is 0.251 e. The second-order valence-corrected chi connectivity index (χ2v) is 9.14. The monoisotopic (exact) mass is 405 g/mol. The largest absolute Gasteiger partial charge is 0.372 e. The molecule has 0 bridgehead atoms. The quantitative estimate of drug-likeness (QED) is 0.734. The number of amides is 1. The van der Waals surface area contributed by atoms with Gasteiger partial charge < -0.3 is 10.2 Å². The van der Waals surface area contributed by atoms with Gasteiger partial charge in [-0.2, -0.15) is 0 Å². The van der Waals surface area contributed by atoms with Gasteiger partial charge in [0.2, 0.25) is 0 Å². The van der Waals surface area contributed by atoms with Crippen molar-refractivity contribution in [2.24, 2.45) is 5.92 Å². The first-order valence-corrected chi connectivity index (χ1v) is 11.6. The van der Waals surface area contributed by atoms with E-state index in [1.165, 1.54) is 50.0 Å². The van der Waals surface area contributed by atoms with Crippen molar-refractivity contribution in [1.29, 1.82) is 0 Å². The topological polar surface area (TPSA) is 35.6 Å².